The number of rotatable bonds is 11. The standard InChI is InChI=1S/C36H38F3N3O4S/c1-26-13-11-16-28(21-26)24-41(32(34(44)40-35(2,3)4)22-27-14-7-5-8-15-27)33(43)25-42(47(45,46)31-19-9-6-10-20-31)30-18-12-17-29(23-30)36(37,38)39/h5-21,23,32H,22,24-25H2,1-4H3,(H,40,44)/t32-/m1/s1. The fourth-order valence-electron chi connectivity index (χ4n) is 5.10. The Bertz CT molecular complexity index is 1790. The van der Waals surface area contributed by atoms with Crippen molar-refractivity contribution in [3.05, 3.63) is 131 Å². The van der Waals surface area contributed by atoms with Gasteiger partial charge in [-0.15, -0.1) is 0 Å². The molecule has 11 heteroatoms. The van der Waals surface area contributed by atoms with Crippen LogP contribution < -0.4 is 9.62 Å². The fourth-order valence-corrected chi connectivity index (χ4v) is 6.53. The number of aryl methyl sites for hydroxylation is 1. The van der Waals surface area contributed by atoms with Gasteiger partial charge in [0.1, 0.15) is 12.6 Å². The summed E-state index contributed by atoms with van der Waals surface area (Å²) >= 11 is 0. The number of sulfonamides is 1. The van der Waals surface area contributed by atoms with Crippen molar-refractivity contribution in [2.24, 2.45) is 0 Å². The number of nitrogens with one attached hydrogen (secondary N) is 1. The van der Waals surface area contributed by atoms with Crippen LogP contribution in [0, 0.1) is 6.92 Å². The van der Waals surface area contributed by atoms with E-state index in [1.807, 2.05) is 55.5 Å². The van der Waals surface area contributed by atoms with E-state index in [4.69, 9.17) is 0 Å². The first kappa shape index (κ1) is 35.2. The molecule has 0 aliphatic rings. The highest BCUT2D eigenvalue weighted by Gasteiger charge is 2.37. The number of amides is 2. The summed E-state index contributed by atoms with van der Waals surface area (Å²) in [5.41, 5.74) is 0.285. The maximum Gasteiger partial charge on any atom is 0.416 e. The van der Waals surface area contributed by atoms with Crippen LogP contribution in [0.2, 0.25) is 0 Å². The third-order valence-corrected chi connectivity index (χ3v) is 9.06. The molecule has 0 aromatic heterocycles. The van der Waals surface area contributed by atoms with Crippen LogP contribution in [0.25, 0.3) is 0 Å². The predicted molar refractivity (Wildman–Crippen MR) is 176 cm³/mol. The van der Waals surface area contributed by atoms with Crippen LogP contribution in [0.3, 0.4) is 0 Å². The van der Waals surface area contributed by atoms with Gasteiger partial charge >= 0.3 is 6.18 Å². The van der Waals surface area contributed by atoms with Gasteiger partial charge in [-0.25, -0.2) is 8.42 Å². The monoisotopic (exact) mass is 665 g/mol. The van der Waals surface area contributed by atoms with Crippen molar-refractivity contribution >= 4 is 27.5 Å². The molecule has 0 heterocycles. The Morgan fingerprint density at radius 3 is 1.98 bits per heavy atom. The third kappa shape index (κ3) is 9.45. The van der Waals surface area contributed by atoms with Gasteiger partial charge in [0.2, 0.25) is 11.8 Å². The lowest BCUT2D eigenvalue weighted by Crippen LogP contribution is -2.56. The number of anilines is 1. The van der Waals surface area contributed by atoms with Gasteiger partial charge in [0.25, 0.3) is 10.0 Å². The molecule has 1 N–H and O–H groups in total. The summed E-state index contributed by atoms with van der Waals surface area (Å²) in [6.45, 7) is 6.37. The van der Waals surface area contributed by atoms with E-state index in [0.717, 1.165) is 23.3 Å². The lowest BCUT2D eigenvalue weighted by Gasteiger charge is -2.35. The minimum atomic E-state index is -4.76. The van der Waals surface area contributed by atoms with E-state index >= 15 is 0 Å². The van der Waals surface area contributed by atoms with Gasteiger partial charge in [-0.05, 0) is 69.2 Å². The summed E-state index contributed by atoms with van der Waals surface area (Å²) in [6, 6.07) is 26.3. The molecule has 0 aliphatic heterocycles. The molecule has 4 rings (SSSR count). The smallest absolute Gasteiger partial charge is 0.350 e. The van der Waals surface area contributed by atoms with Crippen LogP contribution in [0.5, 0.6) is 0 Å². The first-order chi connectivity index (χ1) is 22.0. The molecule has 0 saturated heterocycles. The van der Waals surface area contributed by atoms with Crippen LogP contribution in [0.4, 0.5) is 18.9 Å². The van der Waals surface area contributed by atoms with E-state index in [1.54, 1.807) is 32.9 Å². The molecular weight excluding hydrogens is 627 g/mol. The number of benzene rings is 4. The molecule has 1 atom stereocenters. The Balaban J connectivity index is 1.85. The lowest BCUT2D eigenvalue weighted by atomic mass is 10.0. The first-order valence-electron chi connectivity index (χ1n) is 15.0. The zero-order valence-electron chi connectivity index (χ0n) is 26.7. The highest BCUT2D eigenvalue weighted by Crippen LogP contribution is 2.33. The van der Waals surface area contributed by atoms with Crippen molar-refractivity contribution in [3.63, 3.8) is 0 Å². The zero-order chi connectivity index (χ0) is 34.4. The Labute approximate surface area is 274 Å². The molecule has 0 bridgehead atoms. The summed E-state index contributed by atoms with van der Waals surface area (Å²) in [5.74, 6) is -1.23. The van der Waals surface area contributed by atoms with Crippen LogP contribution in [0.1, 0.15) is 43.0 Å². The molecule has 47 heavy (non-hydrogen) atoms. The van der Waals surface area contributed by atoms with Gasteiger partial charge < -0.3 is 10.2 Å². The molecule has 0 radical (unpaired) electrons. The molecular formula is C36H38F3N3O4S. The SMILES string of the molecule is Cc1cccc(CN(C(=O)CN(c2cccc(C(F)(F)F)c2)S(=O)(=O)c2ccccc2)[C@H](Cc2ccccc2)C(=O)NC(C)(C)C)c1. The van der Waals surface area contributed by atoms with Crippen molar-refractivity contribution in [2.75, 3.05) is 10.8 Å². The average Bonchev–Trinajstić information content (AvgIpc) is 3.01. The molecule has 0 aliphatic carbocycles. The molecule has 0 spiro atoms. The Morgan fingerprint density at radius 1 is 0.787 bits per heavy atom. The molecule has 4 aromatic carbocycles. The van der Waals surface area contributed by atoms with Crippen LogP contribution >= 0.6 is 0 Å². The highest BCUT2D eigenvalue weighted by atomic mass is 32.2. The Morgan fingerprint density at radius 2 is 1.38 bits per heavy atom. The van der Waals surface area contributed by atoms with Crippen molar-refractivity contribution < 1.29 is 31.2 Å². The van der Waals surface area contributed by atoms with Gasteiger partial charge in [-0.3, -0.25) is 13.9 Å². The summed E-state index contributed by atoms with van der Waals surface area (Å²) in [6.07, 6.45) is -4.65. The van der Waals surface area contributed by atoms with E-state index in [1.165, 1.54) is 35.2 Å². The van der Waals surface area contributed by atoms with Gasteiger partial charge in [0.15, 0.2) is 0 Å². The zero-order valence-corrected chi connectivity index (χ0v) is 27.5. The minimum absolute atomic E-state index is 0.0581. The second kappa shape index (κ2) is 14.4. The van der Waals surface area contributed by atoms with Crippen molar-refractivity contribution in [1.29, 1.82) is 0 Å². The number of alkyl halides is 3. The molecule has 7 nitrogen and oxygen atoms in total. The maximum atomic E-state index is 14.5. The summed E-state index contributed by atoms with van der Waals surface area (Å²) < 4.78 is 70.0. The van der Waals surface area contributed by atoms with E-state index in [2.05, 4.69) is 5.32 Å². The maximum absolute atomic E-state index is 14.5. The fraction of sp³-hybridized carbons (Fsp3) is 0.278. The van der Waals surface area contributed by atoms with Crippen molar-refractivity contribution in [2.45, 2.75) is 63.3 Å². The minimum Gasteiger partial charge on any atom is -0.350 e. The van der Waals surface area contributed by atoms with E-state index < -0.39 is 51.7 Å². The van der Waals surface area contributed by atoms with Gasteiger partial charge in [0.05, 0.1) is 16.1 Å². The number of nitrogens with zero attached hydrogens (tertiary/aromatic N) is 2. The van der Waals surface area contributed by atoms with E-state index in [0.29, 0.717) is 15.9 Å². The summed E-state index contributed by atoms with van der Waals surface area (Å²) in [7, 11) is -4.54. The largest absolute Gasteiger partial charge is 0.416 e. The van der Waals surface area contributed by atoms with E-state index in [9.17, 15) is 31.2 Å². The van der Waals surface area contributed by atoms with E-state index in [-0.39, 0.29) is 23.5 Å². The second-order valence-corrected chi connectivity index (χ2v) is 14.2. The average molecular weight is 666 g/mol. The number of carbonyl (C=O) groups excluding carboxylic acids is 2. The molecule has 248 valence electrons. The molecule has 4 aromatic rings. The van der Waals surface area contributed by atoms with Gasteiger partial charge in [0, 0.05) is 18.5 Å². The van der Waals surface area contributed by atoms with Crippen molar-refractivity contribution in [1.82, 2.24) is 10.2 Å². The van der Waals surface area contributed by atoms with Crippen molar-refractivity contribution in [3.8, 4) is 0 Å². The topological polar surface area (TPSA) is 86.8 Å². The number of carbonyl (C=O) groups is 2. The lowest BCUT2D eigenvalue weighted by molar-refractivity contribution is -0.140. The van der Waals surface area contributed by atoms with Gasteiger partial charge in [-0.2, -0.15) is 13.2 Å². The summed E-state index contributed by atoms with van der Waals surface area (Å²) in [5, 5.41) is 2.95. The number of halogens is 3. The molecule has 2 amide bonds. The normalized spacial score (nSPS) is 12.7. The highest BCUT2D eigenvalue weighted by molar-refractivity contribution is 7.92. The van der Waals surface area contributed by atoms with Crippen LogP contribution in [-0.4, -0.2) is 43.3 Å². The third-order valence-electron chi connectivity index (χ3n) is 7.28. The number of hydrogen-bond acceptors (Lipinski definition) is 4. The van der Waals surface area contributed by atoms with Crippen LogP contribution in [-0.2, 0) is 38.8 Å². The molecule has 0 saturated carbocycles. The first-order valence-corrected chi connectivity index (χ1v) is 16.4. The summed E-state index contributed by atoms with van der Waals surface area (Å²) in [4.78, 5) is 29.5. The molecule has 0 fully saturated rings. The Hall–Kier alpha value is -4.64. The van der Waals surface area contributed by atoms with Crippen LogP contribution in [0.15, 0.2) is 114 Å². The predicted octanol–water partition coefficient (Wildman–Crippen LogP) is 6.76. The number of hydrogen-bond donors (Lipinski definition) is 1. The molecule has 0 unspecified atom stereocenters. The second-order valence-electron chi connectivity index (χ2n) is 12.3. The van der Waals surface area contributed by atoms with Gasteiger partial charge in [-0.1, -0.05) is 84.4 Å². The Kier molecular flexibility index (Phi) is 10.8. The quantitative estimate of drug-likeness (QED) is 0.192.